The molecule has 0 unspecified atom stereocenters. The third-order valence-electron chi connectivity index (χ3n) is 2.89. The summed E-state index contributed by atoms with van der Waals surface area (Å²) in [5.74, 6) is 1.62. The van der Waals surface area contributed by atoms with E-state index in [1.54, 1.807) is 18.7 Å². The van der Waals surface area contributed by atoms with E-state index in [0.29, 0.717) is 6.61 Å². The van der Waals surface area contributed by atoms with Crippen molar-refractivity contribution in [2.45, 2.75) is 6.92 Å². The molecule has 100 valence electrons. The third-order valence-corrected chi connectivity index (χ3v) is 2.89. The van der Waals surface area contributed by atoms with Crippen molar-refractivity contribution in [3.8, 4) is 22.8 Å². The summed E-state index contributed by atoms with van der Waals surface area (Å²) in [6, 6.07) is 11.7. The molecule has 0 saturated heterocycles. The molecule has 0 radical (unpaired) electrons. The maximum atomic E-state index is 5.44. The molecule has 0 aliphatic carbocycles. The number of pyridine rings is 1. The first-order chi connectivity index (χ1) is 9.88. The fourth-order valence-electron chi connectivity index (χ4n) is 1.99. The van der Waals surface area contributed by atoms with Crippen LogP contribution in [0.4, 0.5) is 0 Å². The predicted molar refractivity (Wildman–Crippen MR) is 75.8 cm³/mol. The normalized spacial score (nSPS) is 10.4. The number of benzene rings is 1. The Hall–Kier alpha value is -2.69. The van der Waals surface area contributed by atoms with Crippen LogP contribution >= 0.6 is 0 Å². The molecule has 0 aliphatic rings. The van der Waals surface area contributed by atoms with Crippen LogP contribution in [0.2, 0.25) is 0 Å². The van der Waals surface area contributed by atoms with Crippen LogP contribution in [0.25, 0.3) is 17.1 Å². The highest BCUT2D eigenvalue weighted by Gasteiger charge is 2.08. The molecule has 0 amide bonds. The van der Waals surface area contributed by atoms with E-state index in [2.05, 4.69) is 15.2 Å². The van der Waals surface area contributed by atoms with Crippen molar-refractivity contribution in [1.29, 1.82) is 0 Å². The lowest BCUT2D eigenvalue weighted by Crippen LogP contribution is -1.97. The summed E-state index contributed by atoms with van der Waals surface area (Å²) in [6.45, 7) is 2.63. The number of hydrogen-bond donors (Lipinski definition) is 0. The molecule has 0 atom stereocenters. The van der Waals surface area contributed by atoms with E-state index in [-0.39, 0.29) is 0 Å². The van der Waals surface area contributed by atoms with Gasteiger partial charge in [-0.25, -0.2) is 0 Å². The average Bonchev–Trinajstić information content (AvgIpc) is 2.99. The van der Waals surface area contributed by atoms with E-state index in [1.165, 1.54) is 0 Å². The van der Waals surface area contributed by atoms with E-state index >= 15 is 0 Å². The number of hydrogen-bond acceptors (Lipinski definition) is 4. The minimum Gasteiger partial charge on any atom is -0.494 e. The summed E-state index contributed by atoms with van der Waals surface area (Å²) in [5, 5.41) is 8.15. The molecular weight excluding hydrogens is 252 g/mol. The van der Waals surface area contributed by atoms with Gasteiger partial charge in [0.25, 0.3) is 0 Å². The van der Waals surface area contributed by atoms with Gasteiger partial charge in [-0.1, -0.05) is 0 Å². The van der Waals surface area contributed by atoms with Crippen LogP contribution in [0.5, 0.6) is 5.75 Å². The van der Waals surface area contributed by atoms with Gasteiger partial charge in [-0.15, -0.1) is 10.2 Å². The van der Waals surface area contributed by atoms with Gasteiger partial charge < -0.3 is 4.74 Å². The van der Waals surface area contributed by atoms with Crippen molar-refractivity contribution >= 4 is 0 Å². The standard InChI is InChI=1S/C15H14N4O/c1-2-20-14-7-5-13(6-8-14)19-11-17-18-15(19)12-4-3-9-16-10-12/h3-11H,2H2,1H3. The molecule has 5 nitrogen and oxygen atoms in total. The van der Waals surface area contributed by atoms with Gasteiger partial charge in [-0.05, 0) is 43.3 Å². The first kappa shape index (κ1) is 12.3. The fourth-order valence-corrected chi connectivity index (χ4v) is 1.99. The summed E-state index contributed by atoms with van der Waals surface area (Å²) in [4.78, 5) is 4.11. The highest BCUT2D eigenvalue weighted by Crippen LogP contribution is 2.21. The van der Waals surface area contributed by atoms with Crippen LogP contribution in [-0.2, 0) is 0 Å². The van der Waals surface area contributed by atoms with Crippen LogP contribution in [0.3, 0.4) is 0 Å². The van der Waals surface area contributed by atoms with Crippen molar-refractivity contribution in [3.05, 3.63) is 55.1 Å². The Labute approximate surface area is 116 Å². The lowest BCUT2D eigenvalue weighted by molar-refractivity contribution is 0.340. The van der Waals surface area contributed by atoms with Gasteiger partial charge in [-0.2, -0.15) is 0 Å². The fraction of sp³-hybridized carbons (Fsp3) is 0.133. The van der Waals surface area contributed by atoms with Gasteiger partial charge in [0.1, 0.15) is 12.1 Å². The molecule has 3 rings (SSSR count). The van der Waals surface area contributed by atoms with E-state index in [4.69, 9.17) is 4.74 Å². The minimum atomic E-state index is 0.660. The van der Waals surface area contributed by atoms with Crippen molar-refractivity contribution in [2.24, 2.45) is 0 Å². The largest absolute Gasteiger partial charge is 0.494 e. The molecule has 0 saturated carbocycles. The number of nitrogens with zero attached hydrogens (tertiary/aromatic N) is 4. The number of aromatic nitrogens is 4. The van der Waals surface area contributed by atoms with E-state index < -0.39 is 0 Å². The van der Waals surface area contributed by atoms with Gasteiger partial charge in [0.05, 0.1) is 6.61 Å². The molecule has 3 aromatic rings. The Balaban J connectivity index is 1.97. The summed E-state index contributed by atoms with van der Waals surface area (Å²) in [6.07, 6.45) is 5.20. The summed E-state index contributed by atoms with van der Waals surface area (Å²) < 4.78 is 7.37. The lowest BCUT2D eigenvalue weighted by Gasteiger charge is -2.08. The van der Waals surface area contributed by atoms with Gasteiger partial charge in [0.15, 0.2) is 5.82 Å². The molecular formula is C15H14N4O. The smallest absolute Gasteiger partial charge is 0.169 e. The maximum Gasteiger partial charge on any atom is 0.169 e. The van der Waals surface area contributed by atoms with Crippen molar-refractivity contribution < 1.29 is 4.74 Å². The molecule has 0 bridgehead atoms. The van der Waals surface area contributed by atoms with E-state index in [0.717, 1.165) is 22.8 Å². The van der Waals surface area contributed by atoms with Crippen molar-refractivity contribution in [1.82, 2.24) is 19.7 Å². The molecule has 0 aliphatic heterocycles. The molecule has 2 heterocycles. The Bertz CT molecular complexity index is 677. The van der Waals surface area contributed by atoms with Crippen molar-refractivity contribution in [2.75, 3.05) is 6.61 Å². The first-order valence-electron chi connectivity index (χ1n) is 6.42. The van der Waals surface area contributed by atoms with Gasteiger partial charge in [0, 0.05) is 23.6 Å². The molecule has 0 N–H and O–H groups in total. The van der Waals surface area contributed by atoms with Gasteiger partial charge >= 0.3 is 0 Å². The molecule has 0 fully saturated rings. The Morgan fingerprint density at radius 2 is 2.00 bits per heavy atom. The minimum absolute atomic E-state index is 0.660. The highest BCUT2D eigenvalue weighted by atomic mass is 16.5. The Morgan fingerprint density at radius 3 is 2.70 bits per heavy atom. The van der Waals surface area contributed by atoms with Crippen LogP contribution in [-0.4, -0.2) is 26.4 Å². The van der Waals surface area contributed by atoms with E-state index in [9.17, 15) is 0 Å². The molecule has 20 heavy (non-hydrogen) atoms. The van der Waals surface area contributed by atoms with Gasteiger partial charge in [-0.3, -0.25) is 9.55 Å². The second-order valence-corrected chi connectivity index (χ2v) is 4.19. The molecule has 0 spiro atoms. The molecule has 2 aromatic heterocycles. The number of rotatable bonds is 4. The van der Waals surface area contributed by atoms with Crippen LogP contribution in [0, 0.1) is 0 Å². The highest BCUT2D eigenvalue weighted by molar-refractivity contribution is 5.56. The summed E-state index contributed by atoms with van der Waals surface area (Å²) in [7, 11) is 0. The maximum absolute atomic E-state index is 5.44. The zero-order chi connectivity index (χ0) is 13.8. The topological polar surface area (TPSA) is 52.8 Å². The Morgan fingerprint density at radius 1 is 1.15 bits per heavy atom. The predicted octanol–water partition coefficient (Wildman–Crippen LogP) is 2.73. The zero-order valence-corrected chi connectivity index (χ0v) is 11.1. The van der Waals surface area contributed by atoms with Crippen LogP contribution in [0.15, 0.2) is 55.1 Å². The van der Waals surface area contributed by atoms with Crippen LogP contribution < -0.4 is 4.74 Å². The van der Waals surface area contributed by atoms with Crippen molar-refractivity contribution in [3.63, 3.8) is 0 Å². The second kappa shape index (κ2) is 5.52. The number of ether oxygens (including phenoxy) is 1. The van der Waals surface area contributed by atoms with E-state index in [1.807, 2.05) is 47.9 Å². The average molecular weight is 266 g/mol. The monoisotopic (exact) mass is 266 g/mol. The lowest BCUT2D eigenvalue weighted by atomic mass is 10.2. The third kappa shape index (κ3) is 2.38. The zero-order valence-electron chi connectivity index (χ0n) is 11.1. The van der Waals surface area contributed by atoms with Gasteiger partial charge in [0.2, 0.25) is 0 Å². The second-order valence-electron chi connectivity index (χ2n) is 4.19. The quantitative estimate of drug-likeness (QED) is 0.728. The molecule has 5 heteroatoms. The summed E-state index contributed by atoms with van der Waals surface area (Å²) >= 11 is 0. The SMILES string of the molecule is CCOc1ccc(-n2cnnc2-c2cccnc2)cc1. The first-order valence-corrected chi connectivity index (χ1v) is 6.42. The molecule has 1 aromatic carbocycles. The Kier molecular flexibility index (Phi) is 3.41. The van der Waals surface area contributed by atoms with Crippen LogP contribution in [0.1, 0.15) is 6.92 Å². The summed E-state index contributed by atoms with van der Waals surface area (Å²) in [5.41, 5.74) is 1.91.